The van der Waals surface area contributed by atoms with E-state index in [0.717, 1.165) is 54.8 Å². The highest BCUT2D eigenvalue weighted by atomic mass is 16.5. The predicted octanol–water partition coefficient (Wildman–Crippen LogP) is 5.05. The Labute approximate surface area is 178 Å². The number of hydrogen-bond donors (Lipinski definition) is 1. The summed E-state index contributed by atoms with van der Waals surface area (Å²) in [4.78, 5) is 16.8. The zero-order chi connectivity index (χ0) is 20.9. The second kappa shape index (κ2) is 9.33. The van der Waals surface area contributed by atoms with Gasteiger partial charge >= 0.3 is 0 Å². The van der Waals surface area contributed by atoms with E-state index in [4.69, 9.17) is 9.72 Å². The van der Waals surface area contributed by atoms with Gasteiger partial charge in [-0.05, 0) is 55.4 Å². The molecule has 0 unspecified atom stereocenters. The summed E-state index contributed by atoms with van der Waals surface area (Å²) >= 11 is 0. The van der Waals surface area contributed by atoms with Crippen molar-refractivity contribution in [2.24, 2.45) is 5.92 Å². The second-order valence-corrected chi connectivity index (χ2v) is 8.41. The molecule has 5 nitrogen and oxygen atoms in total. The number of para-hydroxylation sites is 3. The summed E-state index contributed by atoms with van der Waals surface area (Å²) in [6, 6.07) is 16.5. The number of fused-ring (bicyclic) bond motifs is 1. The van der Waals surface area contributed by atoms with Crippen molar-refractivity contribution < 1.29 is 9.53 Å². The minimum atomic E-state index is 0.158. The summed E-state index contributed by atoms with van der Waals surface area (Å²) < 4.78 is 8.31. The van der Waals surface area contributed by atoms with E-state index in [0.29, 0.717) is 19.1 Å². The first-order valence-corrected chi connectivity index (χ1v) is 11.1. The van der Waals surface area contributed by atoms with Gasteiger partial charge in [0.2, 0.25) is 5.91 Å². The lowest BCUT2D eigenvalue weighted by atomic mass is 10.0. The molecule has 158 valence electrons. The molecule has 0 radical (unpaired) electrons. The molecule has 1 aromatic heterocycles. The third kappa shape index (κ3) is 4.84. The zero-order valence-electron chi connectivity index (χ0n) is 17.9. The smallest absolute Gasteiger partial charge is 0.223 e. The van der Waals surface area contributed by atoms with Gasteiger partial charge in [-0.2, -0.15) is 0 Å². The molecule has 1 aliphatic carbocycles. The van der Waals surface area contributed by atoms with Crippen molar-refractivity contribution >= 4 is 16.9 Å². The maximum Gasteiger partial charge on any atom is 0.223 e. The Balaban J connectivity index is 1.35. The van der Waals surface area contributed by atoms with Gasteiger partial charge < -0.3 is 14.6 Å². The van der Waals surface area contributed by atoms with Crippen molar-refractivity contribution in [3.05, 3.63) is 59.9 Å². The van der Waals surface area contributed by atoms with Crippen LogP contribution in [0.15, 0.2) is 48.5 Å². The van der Waals surface area contributed by atoms with Crippen LogP contribution in [0.3, 0.4) is 0 Å². The quantitative estimate of drug-likeness (QED) is 0.481. The minimum absolute atomic E-state index is 0.158. The number of nitrogens with zero attached hydrogens (tertiary/aromatic N) is 2. The number of carbonyl (C=O) groups excluding carboxylic acids is 1. The lowest BCUT2D eigenvalue weighted by Gasteiger charge is -2.14. The van der Waals surface area contributed by atoms with Crippen LogP contribution in [0.4, 0.5) is 0 Å². The van der Waals surface area contributed by atoms with Gasteiger partial charge in [-0.1, -0.05) is 44.2 Å². The fourth-order valence-electron chi connectivity index (χ4n) is 3.81. The Morgan fingerprint density at radius 1 is 1.13 bits per heavy atom. The molecule has 0 aliphatic heterocycles. The van der Waals surface area contributed by atoms with Gasteiger partial charge in [0.1, 0.15) is 11.6 Å². The van der Waals surface area contributed by atoms with E-state index in [2.05, 4.69) is 48.0 Å². The van der Waals surface area contributed by atoms with Gasteiger partial charge in [0, 0.05) is 12.5 Å². The molecular formula is C25H31N3O2. The van der Waals surface area contributed by atoms with Gasteiger partial charge in [-0.15, -0.1) is 0 Å². The van der Waals surface area contributed by atoms with Gasteiger partial charge in [0.25, 0.3) is 0 Å². The second-order valence-electron chi connectivity index (χ2n) is 8.41. The Morgan fingerprint density at radius 3 is 2.70 bits per heavy atom. The number of amides is 1. The summed E-state index contributed by atoms with van der Waals surface area (Å²) in [5.41, 5.74) is 3.36. The molecule has 0 saturated heterocycles. The highest BCUT2D eigenvalue weighted by molar-refractivity contribution is 5.81. The number of hydrogen-bond acceptors (Lipinski definition) is 3. The first kappa shape index (κ1) is 20.5. The van der Waals surface area contributed by atoms with E-state index >= 15 is 0 Å². The minimum Gasteiger partial charge on any atom is -0.493 e. The number of ether oxygens (including phenoxy) is 1. The molecule has 1 aliphatic rings. The maximum atomic E-state index is 12.0. The van der Waals surface area contributed by atoms with Crippen molar-refractivity contribution in [2.75, 3.05) is 6.61 Å². The fourth-order valence-corrected chi connectivity index (χ4v) is 3.81. The number of imidazole rings is 1. The van der Waals surface area contributed by atoms with Gasteiger partial charge in [-0.3, -0.25) is 4.79 Å². The number of aromatic nitrogens is 2. The summed E-state index contributed by atoms with van der Waals surface area (Å²) in [5.74, 6) is 2.74. The molecule has 1 saturated carbocycles. The predicted molar refractivity (Wildman–Crippen MR) is 120 cm³/mol. The van der Waals surface area contributed by atoms with E-state index in [1.54, 1.807) is 0 Å². The molecule has 30 heavy (non-hydrogen) atoms. The van der Waals surface area contributed by atoms with Crippen LogP contribution in [0.25, 0.3) is 11.0 Å². The number of unbranched alkanes of at least 4 members (excludes halogenated alkanes) is 1. The number of carbonyl (C=O) groups is 1. The summed E-state index contributed by atoms with van der Waals surface area (Å²) in [6.45, 7) is 6.43. The van der Waals surface area contributed by atoms with Crippen molar-refractivity contribution in [2.45, 2.75) is 58.5 Å². The maximum absolute atomic E-state index is 12.0. The Bertz CT molecular complexity index is 1000. The molecule has 0 atom stereocenters. The van der Waals surface area contributed by atoms with E-state index in [1.165, 1.54) is 5.56 Å². The SMILES string of the molecule is CC(C)c1ccccc1OCCCCn1c(CNC(=O)C2CC2)nc2ccccc21. The van der Waals surface area contributed by atoms with Crippen LogP contribution in [0.1, 0.15) is 56.8 Å². The van der Waals surface area contributed by atoms with E-state index in [-0.39, 0.29) is 11.8 Å². The standard InChI is InChI=1S/C25H31N3O2/c1-18(2)20-9-3-6-12-23(20)30-16-8-7-15-28-22-11-5-4-10-21(22)27-24(28)17-26-25(29)19-13-14-19/h3-6,9-12,18-19H,7-8,13-17H2,1-2H3,(H,26,29). The lowest BCUT2D eigenvalue weighted by molar-refractivity contribution is -0.122. The van der Waals surface area contributed by atoms with Crippen molar-refractivity contribution in [3.63, 3.8) is 0 Å². The Kier molecular flexibility index (Phi) is 6.36. The Hall–Kier alpha value is -2.82. The summed E-state index contributed by atoms with van der Waals surface area (Å²) in [7, 11) is 0. The lowest BCUT2D eigenvalue weighted by Crippen LogP contribution is -2.26. The summed E-state index contributed by atoms with van der Waals surface area (Å²) in [5, 5.41) is 3.06. The number of rotatable bonds is 10. The third-order valence-electron chi connectivity index (χ3n) is 5.68. The van der Waals surface area contributed by atoms with E-state index in [9.17, 15) is 4.79 Å². The van der Waals surface area contributed by atoms with Gasteiger partial charge in [0.15, 0.2) is 0 Å². The molecule has 3 aromatic rings. The number of aryl methyl sites for hydroxylation is 1. The average Bonchev–Trinajstić information content (AvgIpc) is 3.55. The van der Waals surface area contributed by atoms with Crippen LogP contribution in [0.5, 0.6) is 5.75 Å². The van der Waals surface area contributed by atoms with Crippen molar-refractivity contribution in [3.8, 4) is 5.75 Å². The van der Waals surface area contributed by atoms with Crippen LogP contribution in [-0.4, -0.2) is 22.1 Å². The largest absolute Gasteiger partial charge is 0.493 e. The fraction of sp³-hybridized carbons (Fsp3) is 0.440. The molecule has 2 aromatic carbocycles. The average molecular weight is 406 g/mol. The van der Waals surface area contributed by atoms with Crippen molar-refractivity contribution in [1.29, 1.82) is 0 Å². The van der Waals surface area contributed by atoms with Gasteiger partial charge in [-0.25, -0.2) is 4.98 Å². The number of nitrogens with one attached hydrogen (secondary N) is 1. The normalized spacial score (nSPS) is 13.7. The molecule has 1 fully saturated rings. The van der Waals surface area contributed by atoms with Crippen LogP contribution in [0.2, 0.25) is 0 Å². The highest BCUT2D eigenvalue weighted by Gasteiger charge is 2.29. The molecule has 4 rings (SSSR count). The monoisotopic (exact) mass is 405 g/mol. The third-order valence-corrected chi connectivity index (χ3v) is 5.68. The molecule has 1 heterocycles. The summed E-state index contributed by atoms with van der Waals surface area (Å²) in [6.07, 6.45) is 3.99. The first-order chi connectivity index (χ1) is 14.6. The van der Waals surface area contributed by atoms with Crippen LogP contribution < -0.4 is 10.1 Å². The molecular weight excluding hydrogens is 374 g/mol. The molecule has 0 bridgehead atoms. The molecule has 0 spiro atoms. The molecule has 1 N–H and O–H groups in total. The highest BCUT2D eigenvalue weighted by Crippen LogP contribution is 2.29. The Morgan fingerprint density at radius 2 is 1.90 bits per heavy atom. The van der Waals surface area contributed by atoms with Gasteiger partial charge in [0.05, 0.1) is 24.2 Å². The molecule has 5 heteroatoms. The topological polar surface area (TPSA) is 56.1 Å². The number of benzene rings is 2. The van der Waals surface area contributed by atoms with Crippen LogP contribution in [-0.2, 0) is 17.9 Å². The zero-order valence-corrected chi connectivity index (χ0v) is 17.9. The van der Waals surface area contributed by atoms with Crippen LogP contribution >= 0.6 is 0 Å². The van der Waals surface area contributed by atoms with Crippen molar-refractivity contribution in [1.82, 2.24) is 14.9 Å². The van der Waals surface area contributed by atoms with E-state index in [1.807, 2.05) is 24.3 Å². The van der Waals surface area contributed by atoms with E-state index < -0.39 is 0 Å². The molecule has 1 amide bonds. The first-order valence-electron chi connectivity index (χ1n) is 11.1. The van der Waals surface area contributed by atoms with Crippen LogP contribution in [0, 0.1) is 5.92 Å².